The van der Waals surface area contributed by atoms with E-state index in [-0.39, 0.29) is 17.7 Å². The van der Waals surface area contributed by atoms with Crippen LogP contribution in [0.15, 0.2) is 48.5 Å². The first-order valence-electron chi connectivity index (χ1n) is 11.8. The van der Waals surface area contributed by atoms with E-state index >= 15 is 0 Å². The summed E-state index contributed by atoms with van der Waals surface area (Å²) in [5, 5.41) is 20.9. The number of nitrogens with one attached hydrogen (secondary N) is 2. The quantitative estimate of drug-likeness (QED) is 0.430. The Balaban J connectivity index is 1.53. The smallest absolute Gasteiger partial charge is 0.342 e. The number of amides is 2. The minimum Gasteiger partial charge on any atom is -0.507 e. The van der Waals surface area contributed by atoms with Gasteiger partial charge in [0.05, 0.1) is 18.0 Å². The Morgan fingerprint density at radius 2 is 1.88 bits per heavy atom. The van der Waals surface area contributed by atoms with Crippen molar-refractivity contribution in [1.82, 2.24) is 15.1 Å². The third kappa shape index (κ3) is 5.06. The van der Waals surface area contributed by atoms with Gasteiger partial charge in [-0.3, -0.25) is 4.79 Å². The molecule has 8 nitrogen and oxygen atoms in total. The molecule has 178 valence electrons. The van der Waals surface area contributed by atoms with Crippen molar-refractivity contribution in [3.05, 3.63) is 59.8 Å². The van der Waals surface area contributed by atoms with E-state index in [4.69, 9.17) is 4.74 Å². The molecule has 1 saturated carbocycles. The number of aromatic nitrogens is 2. The fourth-order valence-corrected chi connectivity index (χ4v) is 3.89. The van der Waals surface area contributed by atoms with Gasteiger partial charge in [-0.2, -0.15) is 9.78 Å². The molecule has 34 heavy (non-hydrogen) atoms. The number of carbonyl (C=O) groups excluding carboxylic acids is 2. The third-order valence-corrected chi connectivity index (χ3v) is 5.94. The molecule has 1 fully saturated rings. The van der Waals surface area contributed by atoms with Crippen LogP contribution in [0.3, 0.4) is 0 Å². The second kappa shape index (κ2) is 10.4. The molecule has 2 amide bonds. The minimum atomic E-state index is -0.292. The first-order chi connectivity index (χ1) is 16.5. The van der Waals surface area contributed by atoms with E-state index in [1.807, 2.05) is 19.9 Å². The van der Waals surface area contributed by atoms with Crippen LogP contribution in [-0.4, -0.2) is 40.0 Å². The third-order valence-electron chi connectivity index (χ3n) is 5.94. The normalized spacial score (nSPS) is 13.2. The second-order valence-electron chi connectivity index (χ2n) is 8.37. The molecule has 1 aromatic heterocycles. The molecule has 1 aliphatic rings. The molecule has 4 rings (SSSR count). The topological polar surface area (TPSA) is 105 Å². The minimum absolute atomic E-state index is 0.0248. The number of phenols is 1. The Morgan fingerprint density at radius 3 is 2.50 bits per heavy atom. The zero-order chi connectivity index (χ0) is 24.1. The van der Waals surface area contributed by atoms with Crippen LogP contribution in [0.5, 0.6) is 11.5 Å². The molecule has 0 atom stereocenters. The molecule has 8 heteroatoms. The van der Waals surface area contributed by atoms with Gasteiger partial charge >= 0.3 is 6.03 Å². The number of nitrogens with zero attached hydrogens (tertiary/aromatic N) is 2. The fourth-order valence-electron chi connectivity index (χ4n) is 3.89. The lowest BCUT2D eigenvalue weighted by Crippen LogP contribution is -2.32. The highest BCUT2D eigenvalue weighted by atomic mass is 16.5. The van der Waals surface area contributed by atoms with Gasteiger partial charge in [0.15, 0.2) is 0 Å². The highest BCUT2D eigenvalue weighted by Crippen LogP contribution is 2.39. The number of aromatic hydroxyl groups is 1. The van der Waals surface area contributed by atoms with Crippen LogP contribution in [0, 0.1) is 0 Å². The van der Waals surface area contributed by atoms with Gasteiger partial charge in [0.1, 0.15) is 11.5 Å². The average molecular weight is 463 g/mol. The molecule has 0 unspecified atom stereocenters. The Hall–Kier alpha value is -3.81. The summed E-state index contributed by atoms with van der Waals surface area (Å²) in [4.78, 5) is 25.2. The molecule has 2 aromatic carbocycles. The molecule has 3 aromatic rings. The molecule has 0 aliphatic heterocycles. The maximum Gasteiger partial charge on any atom is 0.342 e. The molecule has 0 bridgehead atoms. The molecule has 1 heterocycles. The largest absolute Gasteiger partial charge is 0.507 e. The fraction of sp³-hybridized carbons (Fsp3) is 0.346. The van der Waals surface area contributed by atoms with Gasteiger partial charge in [0.2, 0.25) is 0 Å². The van der Waals surface area contributed by atoms with Gasteiger partial charge in [-0.25, -0.2) is 4.79 Å². The van der Waals surface area contributed by atoms with E-state index in [0.29, 0.717) is 47.3 Å². The number of ether oxygens (including phenoxy) is 1. The van der Waals surface area contributed by atoms with Crippen LogP contribution in [0.25, 0.3) is 11.3 Å². The van der Waals surface area contributed by atoms with Crippen LogP contribution >= 0.6 is 0 Å². The van der Waals surface area contributed by atoms with Crippen molar-refractivity contribution < 1.29 is 19.4 Å². The maximum atomic E-state index is 12.6. The lowest BCUT2D eigenvalue weighted by atomic mass is 9.82. The van der Waals surface area contributed by atoms with Crippen LogP contribution in [-0.2, 0) is 0 Å². The van der Waals surface area contributed by atoms with E-state index in [1.54, 1.807) is 36.4 Å². The van der Waals surface area contributed by atoms with Crippen molar-refractivity contribution in [2.75, 3.05) is 18.5 Å². The summed E-state index contributed by atoms with van der Waals surface area (Å²) in [6.45, 7) is 5.03. The van der Waals surface area contributed by atoms with Crippen molar-refractivity contribution in [2.45, 2.75) is 45.4 Å². The first-order valence-corrected chi connectivity index (χ1v) is 11.8. The molecule has 1 aliphatic carbocycles. The number of rotatable bonds is 8. The van der Waals surface area contributed by atoms with Crippen molar-refractivity contribution >= 4 is 17.6 Å². The SMILES string of the molecule is CCCNC(=O)n1nc(-c2ccc(NC(=O)c3ccc(OCC)cc3)cc2O)cc1C1CCC1. The van der Waals surface area contributed by atoms with Crippen LogP contribution < -0.4 is 15.4 Å². The number of phenolic OH excluding ortho intramolecular Hbond substituents is 1. The van der Waals surface area contributed by atoms with Crippen LogP contribution in [0.4, 0.5) is 10.5 Å². The summed E-state index contributed by atoms with van der Waals surface area (Å²) in [6, 6.07) is 13.4. The number of hydrogen-bond donors (Lipinski definition) is 3. The van der Waals surface area contributed by atoms with Gasteiger partial charge < -0.3 is 20.5 Å². The van der Waals surface area contributed by atoms with Crippen molar-refractivity contribution in [3.63, 3.8) is 0 Å². The van der Waals surface area contributed by atoms with Gasteiger partial charge in [-0.15, -0.1) is 0 Å². The standard InChI is InChI=1S/C26H30N4O4/c1-3-14-27-26(33)30-23(17-6-5-7-17)16-22(29-30)21-13-10-19(15-24(21)31)28-25(32)18-8-11-20(12-9-18)34-4-2/h8-13,15-17,31H,3-7,14H2,1-2H3,(H,27,33)(H,28,32). The molecule has 3 N–H and O–H groups in total. The van der Waals surface area contributed by atoms with Gasteiger partial charge in [-0.05, 0) is 68.7 Å². The zero-order valence-corrected chi connectivity index (χ0v) is 19.5. The number of carbonyl (C=O) groups is 2. The van der Waals surface area contributed by atoms with E-state index < -0.39 is 0 Å². The summed E-state index contributed by atoms with van der Waals surface area (Å²) < 4.78 is 6.83. The summed E-state index contributed by atoms with van der Waals surface area (Å²) in [5.41, 5.74) is 2.83. The lowest BCUT2D eigenvalue weighted by molar-refractivity contribution is 0.102. The van der Waals surface area contributed by atoms with Gasteiger partial charge in [0, 0.05) is 35.3 Å². The Morgan fingerprint density at radius 1 is 1.12 bits per heavy atom. The predicted octanol–water partition coefficient (Wildman–Crippen LogP) is 5.14. The van der Waals surface area contributed by atoms with E-state index in [9.17, 15) is 14.7 Å². The molecule has 0 saturated heterocycles. The van der Waals surface area contributed by atoms with Crippen molar-refractivity contribution in [3.8, 4) is 22.8 Å². The summed E-state index contributed by atoms with van der Waals surface area (Å²) in [7, 11) is 0. The maximum absolute atomic E-state index is 12.6. The second-order valence-corrected chi connectivity index (χ2v) is 8.37. The first kappa shape index (κ1) is 23.4. The molecule has 0 spiro atoms. The Bertz CT molecular complexity index is 1170. The number of anilines is 1. The Kier molecular flexibility index (Phi) is 7.15. The monoisotopic (exact) mass is 462 g/mol. The van der Waals surface area contributed by atoms with Crippen molar-refractivity contribution in [1.29, 1.82) is 0 Å². The average Bonchev–Trinajstić information content (AvgIpc) is 3.21. The van der Waals surface area contributed by atoms with Gasteiger partial charge in [-0.1, -0.05) is 13.3 Å². The summed E-state index contributed by atoms with van der Waals surface area (Å²) in [6.07, 6.45) is 4.02. The van der Waals surface area contributed by atoms with E-state index in [1.165, 1.54) is 10.7 Å². The Labute approximate surface area is 198 Å². The zero-order valence-electron chi connectivity index (χ0n) is 19.5. The number of benzene rings is 2. The summed E-state index contributed by atoms with van der Waals surface area (Å²) in [5.74, 6) is 0.677. The lowest BCUT2D eigenvalue weighted by Gasteiger charge is -2.25. The number of hydrogen-bond acceptors (Lipinski definition) is 5. The molecule has 0 radical (unpaired) electrons. The van der Waals surface area contributed by atoms with Crippen LogP contribution in [0.2, 0.25) is 0 Å². The van der Waals surface area contributed by atoms with Crippen molar-refractivity contribution in [2.24, 2.45) is 0 Å². The van der Waals surface area contributed by atoms with Gasteiger partial charge in [0.25, 0.3) is 5.91 Å². The molecular formula is C26H30N4O4. The summed E-state index contributed by atoms with van der Waals surface area (Å²) >= 11 is 0. The molecular weight excluding hydrogens is 432 g/mol. The van der Waals surface area contributed by atoms with Crippen LogP contribution in [0.1, 0.15) is 61.5 Å². The van der Waals surface area contributed by atoms with E-state index in [0.717, 1.165) is 31.4 Å². The highest BCUT2D eigenvalue weighted by molar-refractivity contribution is 6.04. The predicted molar refractivity (Wildman–Crippen MR) is 131 cm³/mol. The highest BCUT2D eigenvalue weighted by Gasteiger charge is 2.27. The van der Waals surface area contributed by atoms with E-state index in [2.05, 4.69) is 15.7 Å².